The van der Waals surface area contributed by atoms with E-state index >= 15 is 0 Å². The molecule has 2 N–H and O–H groups in total. The first kappa shape index (κ1) is 20.9. The van der Waals surface area contributed by atoms with Crippen LogP contribution in [0, 0.1) is 6.92 Å². The zero-order chi connectivity index (χ0) is 22.1. The molecule has 1 atom stereocenters. The van der Waals surface area contributed by atoms with E-state index in [9.17, 15) is 4.79 Å². The van der Waals surface area contributed by atoms with E-state index in [1.54, 1.807) is 13.3 Å². The molecule has 8 heteroatoms. The maximum absolute atomic E-state index is 13.1. The van der Waals surface area contributed by atoms with Gasteiger partial charge in [0.15, 0.2) is 0 Å². The molecular formula is C24H26N4O3S. The topological polar surface area (TPSA) is 79.5 Å². The van der Waals surface area contributed by atoms with Crippen molar-refractivity contribution in [3.05, 3.63) is 53.2 Å². The first-order valence-electron chi connectivity index (χ1n) is 10.8. The molecule has 0 unspecified atom stereocenters. The zero-order valence-corrected chi connectivity index (χ0v) is 19.0. The van der Waals surface area contributed by atoms with Crippen molar-refractivity contribution >= 4 is 49.7 Å². The Morgan fingerprint density at radius 1 is 1.28 bits per heavy atom. The number of carbonyl (C=O) groups is 1. The van der Waals surface area contributed by atoms with Crippen molar-refractivity contribution in [2.75, 3.05) is 38.7 Å². The number of hydrogen-bond acceptors (Lipinski definition) is 6. The highest BCUT2D eigenvalue weighted by Gasteiger charge is 2.28. The van der Waals surface area contributed by atoms with Crippen LogP contribution in [0.1, 0.15) is 21.8 Å². The Balaban J connectivity index is 1.34. The molecule has 4 aromatic rings. The molecule has 1 fully saturated rings. The second-order valence-corrected chi connectivity index (χ2v) is 9.14. The van der Waals surface area contributed by atoms with Gasteiger partial charge >= 0.3 is 0 Å². The molecule has 0 radical (unpaired) electrons. The first-order valence-corrected chi connectivity index (χ1v) is 11.6. The predicted molar refractivity (Wildman–Crippen MR) is 128 cm³/mol. The number of aromatic nitrogens is 2. The molecule has 32 heavy (non-hydrogen) atoms. The van der Waals surface area contributed by atoms with Crippen LogP contribution in [0.2, 0.25) is 0 Å². The number of ether oxygens (including phenoxy) is 2. The zero-order valence-electron chi connectivity index (χ0n) is 18.2. The van der Waals surface area contributed by atoms with Crippen molar-refractivity contribution < 1.29 is 14.3 Å². The van der Waals surface area contributed by atoms with Gasteiger partial charge in [0.2, 0.25) is 0 Å². The number of nitrogens with zero attached hydrogens (tertiary/aromatic N) is 2. The van der Waals surface area contributed by atoms with Crippen LogP contribution in [0.25, 0.3) is 21.1 Å². The number of nitrogens with one attached hydrogen (secondary N) is 2. The van der Waals surface area contributed by atoms with Gasteiger partial charge in [0.25, 0.3) is 5.91 Å². The van der Waals surface area contributed by atoms with Gasteiger partial charge in [-0.2, -0.15) is 0 Å². The molecule has 166 valence electrons. The average molecular weight is 451 g/mol. The van der Waals surface area contributed by atoms with Crippen molar-refractivity contribution in [3.8, 4) is 0 Å². The third-order valence-electron chi connectivity index (χ3n) is 5.73. The number of pyridine rings is 1. The van der Waals surface area contributed by atoms with Crippen molar-refractivity contribution in [2.24, 2.45) is 0 Å². The number of fused-ring (bicyclic) bond motifs is 2. The smallest absolute Gasteiger partial charge is 0.264 e. The number of aromatic amines is 1. The van der Waals surface area contributed by atoms with Gasteiger partial charge in [0.05, 0.1) is 40.1 Å². The van der Waals surface area contributed by atoms with Crippen molar-refractivity contribution in [1.29, 1.82) is 0 Å². The second-order valence-electron chi connectivity index (χ2n) is 8.09. The van der Waals surface area contributed by atoms with Gasteiger partial charge in [0.1, 0.15) is 0 Å². The summed E-state index contributed by atoms with van der Waals surface area (Å²) in [6.45, 7) is 4.50. The second kappa shape index (κ2) is 8.90. The van der Waals surface area contributed by atoms with Crippen LogP contribution < -0.4 is 5.32 Å². The van der Waals surface area contributed by atoms with Crippen molar-refractivity contribution in [3.63, 3.8) is 0 Å². The fraction of sp³-hybridized carbons (Fsp3) is 0.333. The van der Waals surface area contributed by atoms with E-state index in [4.69, 9.17) is 9.47 Å². The number of anilines is 2. The number of carbonyl (C=O) groups excluding carboxylic acids is 1. The predicted octanol–water partition coefficient (Wildman–Crippen LogP) is 4.71. The van der Waals surface area contributed by atoms with Crippen LogP contribution in [-0.2, 0) is 9.47 Å². The summed E-state index contributed by atoms with van der Waals surface area (Å²) in [5.74, 6) is 0.0426. The Morgan fingerprint density at radius 3 is 3.06 bits per heavy atom. The summed E-state index contributed by atoms with van der Waals surface area (Å²) >= 11 is 1.49. The standard InChI is InChI=1S/C24H26N4O3S/c1-15-11-16-12-17(3-4-19(16)26-15)27-20-5-7-25-21-13-22(32-23(20)21)24(29)28-8-6-18(14-28)31-10-9-30-2/h3-5,7,11-13,18,26H,6,8-10,14H2,1-2H3,(H,25,27)/t18-/m1/s1. The lowest BCUT2D eigenvalue weighted by Gasteiger charge is -2.15. The number of methoxy groups -OCH3 is 1. The van der Waals surface area contributed by atoms with Crippen LogP contribution >= 0.6 is 11.3 Å². The van der Waals surface area contributed by atoms with E-state index < -0.39 is 0 Å². The number of aryl methyl sites for hydroxylation is 1. The lowest BCUT2D eigenvalue weighted by atomic mass is 10.2. The van der Waals surface area contributed by atoms with E-state index in [0.717, 1.165) is 44.6 Å². The minimum Gasteiger partial charge on any atom is -0.382 e. The van der Waals surface area contributed by atoms with Crippen LogP contribution in [-0.4, -0.2) is 60.3 Å². The van der Waals surface area contributed by atoms with E-state index in [2.05, 4.69) is 46.5 Å². The van der Waals surface area contributed by atoms with Gasteiger partial charge in [-0.25, -0.2) is 0 Å². The number of hydrogen-bond donors (Lipinski definition) is 2. The van der Waals surface area contributed by atoms with Crippen molar-refractivity contribution in [1.82, 2.24) is 14.9 Å². The normalized spacial score (nSPS) is 16.3. The Morgan fingerprint density at radius 2 is 2.19 bits per heavy atom. The number of benzene rings is 1. The molecular weight excluding hydrogens is 424 g/mol. The number of amides is 1. The monoisotopic (exact) mass is 450 g/mol. The molecule has 1 aliphatic heterocycles. The highest BCUT2D eigenvalue weighted by atomic mass is 32.1. The molecule has 1 saturated heterocycles. The third-order valence-corrected chi connectivity index (χ3v) is 6.88. The molecule has 3 aromatic heterocycles. The number of H-pyrrole nitrogens is 1. The van der Waals surface area contributed by atoms with Crippen molar-refractivity contribution in [2.45, 2.75) is 19.4 Å². The first-order chi connectivity index (χ1) is 15.6. The lowest BCUT2D eigenvalue weighted by Crippen LogP contribution is -2.29. The van der Waals surface area contributed by atoms with Gasteiger partial charge < -0.3 is 24.7 Å². The van der Waals surface area contributed by atoms with E-state index in [-0.39, 0.29) is 12.0 Å². The Hall–Kier alpha value is -2.94. The summed E-state index contributed by atoms with van der Waals surface area (Å²) in [6.07, 6.45) is 2.71. The fourth-order valence-corrected chi connectivity index (χ4v) is 5.21. The summed E-state index contributed by atoms with van der Waals surface area (Å²) < 4.78 is 11.8. The van der Waals surface area contributed by atoms with Crippen LogP contribution in [0.5, 0.6) is 0 Å². The minimum absolute atomic E-state index is 0.0426. The molecule has 0 bridgehead atoms. The third kappa shape index (κ3) is 4.21. The Kier molecular flexibility index (Phi) is 5.82. The fourth-order valence-electron chi connectivity index (χ4n) is 4.16. The highest BCUT2D eigenvalue weighted by molar-refractivity contribution is 7.21. The summed E-state index contributed by atoms with van der Waals surface area (Å²) in [5.41, 5.74) is 5.04. The number of rotatable bonds is 7. The van der Waals surface area contributed by atoms with Crippen LogP contribution in [0.3, 0.4) is 0 Å². The van der Waals surface area contributed by atoms with E-state index in [0.29, 0.717) is 31.2 Å². The molecule has 1 amide bonds. The van der Waals surface area contributed by atoms with Gasteiger partial charge in [-0.15, -0.1) is 11.3 Å². The van der Waals surface area contributed by atoms with E-state index in [1.807, 2.05) is 17.0 Å². The van der Waals surface area contributed by atoms with E-state index in [1.165, 1.54) is 11.3 Å². The van der Waals surface area contributed by atoms with Crippen LogP contribution in [0.15, 0.2) is 42.6 Å². The molecule has 1 aromatic carbocycles. The average Bonchev–Trinajstić information content (AvgIpc) is 3.51. The molecule has 0 aliphatic carbocycles. The molecule has 0 spiro atoms. The lowest BCUT2D eigenvalue weighted by molar-refractivity contribution is 0.0219. The summed E-state index contributed by atoms with van der Waals surface area (Å²) in [5, 5.41) is 4.67. The highest BCUT2D eigenvalue weighted by Crippen LogP contribution is 2.34. The molecule has 1 aliphatic rings. The summed E-state index contributed by atoms with van der Waals surface area (Å²) in [6, 6.07) is 12.2. The van der Waals surface area contributed by atoms with Gasteiger partial charge in [-0.1, -0.05) is 0 Å². The van der Waals surface area contributed by atoms with Gasteiger partial charge in [-0.3, -0.25) is 9.78 Å². The molecule has 5 rings (SSSR count). The largest absolute Gasteiger partial charge is 0.382 e. The van der Waals surface area contributed by atoms with Crippen LogP contribution in [0.4, 0.5) is 11.4 Å². The summed E-state index contributed by atoms with van der Waals surface area (Å²) in [4.78, 5) is 23.5. The maximum Gasteiger partial charge on any atom is 0.264 e. The molecule has 0 saturated carbocycles. The quantitative estimate of drug-likeness (QED) is 0.399. The van der Waals surface area contributed by atoms with Gasteiger partial charge in [-0.05, 0) is 49.7 Å². The number of likely N-dealkylation sites (tertiary alicyclic amines) is 1. The molecule has 4 heterocycles. The molecule has 7 nitrogen and oxygen atoms in total. The Bertz CT molecular complexity index is 1260. The minimum atomic E-state index is 0.0426. The number of thiophene rings is 1. The van der Waals surface area contributed by atoms with Gasteiger partial charge in [0, 0.05) is 48.7 Å². The SMILES string of the molecule is COCCO[C@@H]1CCN(C(=O)c2cc3nccc(Nc4ccc5[nH]c(C)cc5c4)c3s2)C1. The summed E-state index contributed by atoms with van der Waals surface area (Å²) in [7, 11) is 1.66. The maximum atomic E-state index is 13.1. The Labute approximate surface area is 190 Å².